The smallest absolute Gasteiger partial charge is 0.234 e. The van der Waals surface area contributed by atoms with Crippen LogP contribution in [0.25, 0.3) is 5.78 Å². The third-order valence-corrected chi connectivity index (χ3v) is 2.42. The Bertz CT molecular complexity index is 492. The Morgan fingerprint density at radius 1 is 1.64 bits per heavy atom. The number of aryl methyl sites for hydroxylation is 1. The van der Waals surface area contributed by atoms with Gasteiger partial charge in [-0.2, -0.15) is 0 Å². The van der Waals surface area contributed by atoms with Crippen LogP contribution < -0.4 is 0 Å². The summed E-state index contributed by atoms with van der Waals surface area (Å²) in [5.74, 6) is 0.562. The van der Waals surface area contributed by atoms with Crippen molar-refractivity contribution in [3.8, 4) is 0 Å². The first-order chi connectivity index (χ1) is 6.76. The van der Waals surface area contributed by atoms with Crippen LogP contribution in [0.3, 0.4) is 0 Å². The summed E-state index contributed by atoms with van der Waals surface area (Å²) < 4.78 is 2.52. The zero-order valence-electron chi connectivity index (χ0n) is 7.57. The number of hydrogen-bond acceptors (Lipinski definition) is 3. The van der Waals surface area contributed by atoms with E-state index in [1.807, 2.05) is 6.92 Å². The van der Waals surface area contributed by atoms with Gasteiger partial charge in [0.05, 0.1) is 10.2 Å². The van der Waals surface area contributed by atoms with Crippen molar-refractivity contribution in [3.05, 3.63) is 28.3 Å². The van der Waals surface area contributed by atoms with Crippen molar-refractivity contribution in [2.45, 2.75) is 13.3 Å². The molecule has 2 rings (SSSR count). The van der Waals surface area contributed by atoms with Crippen molar-refractivity contribution in [1.29, 1.82) is 0 Å². The summed E-state index contributed by atoms with van der Waals surface area (Å²) in [5.41, 5.74) is 1.36. The van der Waals surface area contributed by atoms with Crippen LogP contribution in [-0.2, 0) is 6.42 Å². The van der Waals surface area contributed by atoms with Gasteiger partial charge < -0.3 is 0 Å². The van der Waals surface area contributed by atoms with E-state index in [0.717, 1.165) is 22.9 Å². The highest BCUT2D eigenvalue weighted by molar-refractivity contribution is 9.10. The fourth-order valence-corrected chi connectivity index (χ4v) is 1.67. The molecule has 2 heterocycles. The maximum Gasteiger partial charge on any atom is 0.234 e. The second-order valence-electron chi connectivity index (χ2n) is 2.86. The van der Waals surface area contributed by atoms with Crippen molar-refractivity contribution in [3.63, 3.8) is 0 Å². The van der Waals surface area contributed by atoms with Crippen molar-refractivity contribution in [2.75, 3.05) is 0 Å². The first-order valence-electron chi connectivity index (χ1n) is 4.24. The summed E-state index contributed by atoms with van der Waals surface area (Å²) in [7, 11) is 0. The van der Waals surface area contributed by atoms with Crippen molar-refractivity contribution >= 4 is 28.0 Å². The van der Waals surface area contributed by atoms with Crippen LogP contribution in [0.5, 0.6) is 0 Å². The average molecular weight is 254 g/mol. The van der Waals surface area contributed by atoms with Gasteiger partial charge in [-0.25, -0.2) is 9.97 Å². The minimum Gasteiger partial charge on any atom is -0.296 e. The van der Waals surface area contributed by atoms with E-state index in [2.05, 4.69) is 25.9 Å². The molecule has 2 aromatic rings. The molecule has 0 spiro atoms. The number of hydrogen-bond donors (Lipinski definition) is 0. The van der Waals surface area contributed by atoms with E-state index in [-0.39, 0.29) is 0 Å². The predicted molar refractivity (Wildman–Crippen MR) is 55.5 cm³/mol. The highest BCUT2D eigenvalue weighted by Gasteiger charge is 2.10. The van der Waals surface area contributed by atoms with Crippen LogP contribution in [0.2, 0.25) is 0 Å². The molecule has 0 unspecified atom stereocenters. The molecular weight excluding hydrogens is 246 g/mol. The number of aromatic nitrogens is 3. The SMILES string of the molecule is CCc1nc2ncc(Br)cn2c1C=O. The van der Waals surface area contributed by atoms with E-state index in [1.165, 1.54) is 0 Å². The van der Waals surface area contributed by atoms with Crippen LogP contribution in [-0.4, -0.2) is 20.7 Å². The van der Waals surface area contributed by atoms with Gasteiger partial charge in [0.15, 0.2) is 6.29 Å². The van der Waals surface area contributed by atoms with Gasteiger partial charge in [-0.15, -0.1) is 0 Å². The second kappa shape index (κ2) is 3.49. The standard InChI is InChI=1S/C9H8BrN3O/c1-2-7-8(5-14)13-4-6(10)3-11-9(13)12-7/h3-5H,2H2,1H3. The van der Waals surface area contributed by atoms with E-state index in [4.69, 9.17) is 0 Å². The summed E-state index contributed by atoms with van der Waals surface area (Å²) in [6.07, 6.45) is 5.00. The van der Waals surface area contributed by atoms with Crippen LogP contribution in [0, 0.1) is 0 Å². The quantitative estimate of drug-likeness (QED) is 0.768. The zero-order valence-corrected chi connectivity index (χ0v) is 9.15. The van der Waals surface area contributed by atoms with Gasteiger partial charge >= 0.3 is 0 Å². The van der Waals surface area contributed by atoms with Crippen molar-refractivity contribution < 1.29 is 4.79 Å². The number of fused-ring (bicyclic) bond motifs is 1. The molecule has 0 saturated heterocycles. The van der Waals surface area contributed by atoms with Gasteiger partial charge in [0.25, 0.3) is 0 Å². The Morgan fingerprint density at radius 2 is 2.43 bits per heavy atom. The Morgan fingerprint density at radius 3 is 3.07 bits per heavy atom. The lowest BCUT2D eigenvalue weighted by molar-refractivity contribution is 0.111. The third-order valence-electron chi connectivity index (χ3n) is 2.01. The van der Waals surface area contributed by atoms with E-state index < -0.39 is 0 Å². The molecule has 0 N–H and O–H groups in total. The molecular formula is C9H8BrN3O. The summed E-state index contributed by atoms with van der Waals surface area (Å²) in [6.45, 7) is 1.96. The Labute approximate surface area is 89.1 Å². The van der Waals surface area contributed by atoms with Gasteiger partial charge in [-0.1, -0.05) is 6.92 Å². The third kappa shape index (κ3) is 1.33. The Hall–Kier alpha value is -1.23. The van der Waals surface area contributed by atoms with Gasteiger partial charge in [-0.3, -0.25) is 9.20 Å². The molecule has 0 aliphatic carbocycles. The lowest BCUT2D eigenvalue weighted by Gasteiger charge is -1.95. The number of carbonyl (C=O) groups is 1. The molecule has 0 aliphatic heterocycles. The number of carbonyl (C=O) groups excluding carboxylic acids is 1. The first kappa shape index (κ1) is 9.33. The van der Waals surface area contributed by atoms with Crippen LogP contribution >= 0.6 is 15.9 Å². The molecule has 0 fully saturated rings. The van der Waals surface area contributed by atoms with Crippen LogP contribution in [0.4, 0.5) is 0 Å². The predicted octanol–water partition coefficient (Wildman–Crippen LogP) is 1.87. The number of nitrogens with zero attached hydrogens (tertiary/aromatic N) is 3. The zero-order chi connectivity index (χ0) is 10.1. The molecule has 2 aromatic heterocycles. The topological polar surface area (TPSA) is 47.3 Å². The summed E-state index contributed by atoms with van der Waals surface area (Å²) in [6, 6.07) is 0. The Balaban J connectivity index is 2.81. The number of aldehydes is 1. The van der Waals surface area contributed by atoms with Gasteiger partial charge in [0, 0.05) is 12.4 Å². The number of rotatable bonds is 2. The first-order valence-corrected chi connectivity index (χ1v) is 5.03. The maximum absolute atomic E-state index is 10.9. The minimum atomic E-state index is 0.562. The molecule has 0 aliphatic rings. The van der Waals surface area contributed by atoms with Gasteiger partial charge in [0.2, 0.25) is 5.78 Å². The molecule has 0 amide bonds. The molecule has 14 heavy (non-hydrogen) atoms. The molecule has 0 aromatic carbocycles. The average Bonchev–Trinajstić information content (AvgIpc) is 2.54. The monoisotopic (exact) mass is 253 g/mol. The fourth-order valence-electron chi connectivity index (χ4n) is 1.36. The van der Waals surface area contributed by atoms with E-state index in [9.17, 15) is 4.79 Å². The molecule has 5 heteroatoms. The Kier molecular flexibility index (Phi) is 2.33. The molecule has 0 bridgehead atoms. The maximum atomic E-state index is 10.9. The second-order valence-corrected chi connectivity index (χ2v) is 3.77. The van der Waals surface area contributed by atoms with Crippen molar-refractivity contribution in [2.24, 2.45) is 0 Å². The van der Waals surface area contributed by atoms with E-state index in [1.54, 1.807) is 16.8 Å². The molecule has 4 nitrogen and oxygen atoms in total. The highest BCUT2D eigenvalue weighted by atomic mass is 79.9. The number of halogens is 1. The molecule has 0 atom stereocenters. The normalized spacial score (nSPS) is 10.7. The van der Waals surface area contributed by atoms with Crippen molar-refractivity contribution in [1.82, 2.24) is 14.4 Å². The summed E-state index contributed by atoms with van der Waals surface area (Å²) >= 11 is 3.30. The molecule has 0 saturated carbocycles. The van der Waals surface area contributed by atoms with Crippen LogP contribution in [0.1, 0.15) is 23.1 Å². The van der Waals surface area contributed by atoms with Gasteiger partial charge in [-0.05, 0) is 22.4 Å². The van der Waals surface area contributed by atoms with E-state index in [0.29, 0.717) is 11.5 Å². The van der Waals surface area contributed by atoms with Crippen LogP contribution in [0.15, 0.2) is 16.9 Å². The largest absolute Gasteiger partial charge is 0.296 e. The highest BCUT2D eigenvalue weighted by Crippen LogP contribution is 2.13. The van der Waals surface area contributed by atoms with Gasteiger partial charge in [0.1, 0.15) is 5.69 Å². The fraction of sp³-hybridized carbons (Fsp3) is 0.222. The van der Waals surface area contributed by atoms with E-state index >= 15 is 0 Å². The summed E-state index contributed by atoms with van der Waals surface area (Å²) in [4.78, 5) is 19.2. The lowest BCUT2D eigenvalue weighted by atomic mass is 10.3. The minimum absolute atomic E-state index is 0.562. The molecule has 72 valence electrons. The lowest BCUT2D eigenvalue weighted by Crippen LogP contribution is -1.94. The number of imidazole rings is 1. The molecule has 0 radical (unpaired) electrons. The summed E-state index contributed by atoms with van der Waals surface area (Å²) in [5, 5.41) is 0.